The summed E-state index contributed by atoms with van der Waals surface area (Å²) in [5.74, 6) is 0.882. The Kier molecular flexibility index (Phi) is 5.16. The molecule has 0 fully saturated rings. The van der Waals surface area contributed by atoms with Gasteiger partial charge in [-0.05, 0) is 43.7 Å². The summed E-state index contributed by atoms with van der Waals surface area (Å²) in [6.07, 6.45) is 3.58. The van der Waals surface area contributed by atoms with E-state index in [0.29, 0.717) is 12.6 Å². The minimum Gasteiger partial charge on any atom is -0.489 e. The minimum absolute atomic E-state index is 0.393. The second kappa shape index (κ2) is 7.68. The molecule has 0 atom stereocenters. The van der Waals surface area contributed by atoms with Crippen LogP contribution in [0.25, 0.3) is 0 Å². The molecule has 3 rings (SSSR count). The molecule has 0 bridgehead atoms. The highest BCUT2D eigenvalue weighted by molar-refractivity contribution is 5.50. The van der Waals surface area contributed by atoms with E-state index in [9.17, 15) is 0 Å². The number of ether oxygens (including phenoxy) is 1. The molecule has 0 radical (unpaired) electrons. The molecule has 4 nitrogen and oxygen atoms in total. The average Bonchev–Trinajstić information content (AvgIpc) is 3.12. The van der Waals surface area contributed by atoms with E-state index in [0.717, 1.165) is 18.0 Å². The SMILES string of the molecule is CC(C)N(Cc1cnc[nH]1)c1ccc(OCc2ccccc2)cc1. The molecule has 3 aromatic rings. The molecular formula is C20H23N3O. The Morgan fingerprint density at radius 3 is 2.42 bits per heavy atom. The van der Waals surface area contributed by atoms with Crippen molar-refractivity contribution < 1.29 is 4.74 Å². The number of hydrogen-bond donors (Lipinski definition) is 1. The summed E-state index contributed by atoms with van der Waals surface area (Å²) in [4.78, 5) is 9.59. The number of rotatable bonds is 7. The summed E-state index contributed by atoms with van der Waals surface area (Å²) in [6.45, 7) is 5.77. The van der Waals surface area contributed by atoms with Crippen LogP contribution in [0.4, 0.5) is 5.69 Å². The minimum atomic E-state index is 0.393. The van der Waals surface area contributed by atoms with Crippen LogP contribution in [-0.2, 0) is 13.2 Å². The van der Waals surface area contributed by atoms with Crippen LogP contribution < -0.4 is 9.64 Å². The van der Waals surface area contributed by atoms with Gasteiger partial charge in [-0.1, -0.05) is 30.3 Å². The van der Waals surface area contributed by atoms with Gasteiger partial charge in [0.15, 0.2) is 0 Å². The van der Waals surface area contributed by atoms with Gasteiger partial charge >= 0.3 is 0 Å². The van der Waals surface area contributed by atoms with E-state index in [1.54, 1.807) is 6.33 Å². The lowest BCUT2D eigenvalue weighted by molar-refractivity contribution is 0.306. The summed E-state index contributed by atoms with van der Waals surface area (Å²) < 4.78 is 5.86. The number of hydrogen-bond acceptors (Lipinski definition) is 3. The zero-order chi connectivity index (χ0) is 16.8. The number of nitrogens with zero attached hydrogens (tertiary/aromatic N) is 2. The number of imidazole rings is 1. The fourth-order valence-corrected chi connectivity index (χ4v) is 2.60. The van der Waals surface area contributed by atoms with Gasteiger partial charge < -0.3 is 14.6 Å². The average molecular weight is 321 g/mol. The summed E-state index contributed by atoms with van der Waals surface area (Å²) in [5, 5.41) is 0. The predicted octanol–water partition coefficient (Wildman–Crippen LogP) is 4.40. The molecule has 0 saturated carbocycles. The molecule has 2 aromatic carbocycles. The van der Waals surface area contributed by atoms with E-state index in [-0.39, 0.29) is 0 Å². The lowest BCUT2D eigenvalue weighted by atomic mass is 10.2. The van der Waals surface area contributed by atoms with Crippen molar-refractivity contribution in [2.45, 2.75) is 33.0 Å². The van der Waals surface area contributed by atoms with Crippen LogP contribution in [0.2, 0.25) is 0 Å². The van der Waals surface area contributed by atoms with Gasteiger partial charge in [-0.15, -0.1) is 0 Å². The number of benzene rings is 2. The van der Waals surface area contributed by atoms with Crippen molar-refractivity contribution in [1.82, 2.24) is 9.97 Å². The fourth-order valence-electron chi connectivity index (χ4n) is 2.60. The van der Waals surface area contributed by atoms with Crippen LogP contribution in [-0.4, -0.2) is 16.0 Å². The Morgan fingerprint density at radius 1 is 1.04 bits per heavy atom. The first-order chi connectivity index (χ1) is 11.7. The second-order valence-electron chi connectivity index (χ2n) is 6.07. The van der Waals surface area contributed by atoms with Crippen LogP contribution >= 0.6 is 0 Å². The van der Waals surface area contributed by atoms with Crippen LogP contribution in [0, 0.1) is 0 Å². The Bertz CT molecular complexity index is 721. The third-order valence-electron chi connectivity index (χ3n) is 3.94. The summed E-state index contributed by atoms with van der Waals surface area (Å²) in [6, 6.07) is 18.9. The van der Waals surface area contributed by atoms with Crippen molar-refractivity contribution in [2.75, 3.05) is 4.90 Å². The number of nitrogens with one attached hydrogen (secondary N) is 1. The molecular weight excluding hydrogens is 298 g/mol. The van der Waals surface area contributed by atoms with E-state index in [4.69, 9.17) is 4.74 Å². The molecule has 0 unspecified atom stereocenters. The van der Waals surface area contributed by atoms with Gasteiger partial charge in [0.05, 0.1) is 18.6 Å². The van der Waals surface area contributed by atoms with Crippen molar-refractivity contribution in [3.05, 3.63) is 78.4 Å². The molecule has 0 amide bonds. The van der Waals surface area contributed by atoms with Crippen LogP contribution in [0.15, 0.2) is 67.1 Å². The van der Waals surface area contributed by atoms with Gasteiger partial charge in [-0.3, -0.25) is 0 Å². The molecule has 1 N–H and O–H groups in total. The Labute approximate surface area is 143 Å². The van der Waals surface area contributed by atoms with Gasteiger partial charge in [0.1, 0.15) is 12.4 Å². The summed E-state index contributed by atoms with van der Waals surface area (Å²) in [5.41, 5.74) is 3.45. The van der Waals surface area contributed by atoms with Crippen molar-refractivity contribution in [3.8, 4) is 5.75 Å². The van der Waals surface area contributed by atoms with Gasteiger partial charge in [-0.2, -0.15) is 0 Å². The number of anilines is 1. The van der Waals surface area contributed by atoms with Gasteiger partial charge in [0.25, 0.3) is 0 Å². The Hall–Kier alpha value is -2.75. The number of aromatic amines is 1. The number of H-pyrrole nitrogens is 1. The van der Waals surface area contributed by atoms with E-state index >= 15 is 0 Å². The topological polar surface area (TPSA) is 41.2 Å². The lowest BCUT2D eigenvalue weighted by Gasteiger charge is -2.28. The van der Waals surface area contributed by atoms with E-state index < -0.39 is 0 Å². The first-order valence-electron chi connectivity index (χ1n) is 8.23. The zero-order valence-corrected chi connectivity index (χ0v) is 14.1. The largest absolute Gasteiger partial charge is 0.489 e. The highest BCUT2D eigenvalue weighted by Crippen LogP contribution is 2.23. The second-order valence-corrected chi connectivity index (χ2v) is 6.07. The predicted molar refractivity (Wildman–Crippen MR) is 97.1 cm³/mol. The maximum absolute atomic E-state index is 5.86. The summed E-state index contributed by atoms with van der Waals surface area (Å²) in [7, 11) is 0. The van der Waals surface area contributed by atoms with E-state index in [1.807, 2.05) is 36.5 Å². The van der Waals surface area contributed by atoms with Gasteiger partial charge in [0, 0.05) is 17.9 Å². The third kappa shape index (κ3) is 4.16. The highest BCUT2D eigenvalue weighted by Gasteiger charge is 2.12. The van der Waals surface area contributed by atoms with Crippen molar-refractivity contribution >= 4 is 5.69 Å². The first kappa shape index (κ1) is 16.1. The number of aromatic nitrogens is 2. The molecule has 0 saturated heterocycles. The Balaban J connectivity index is 1.65. The molecule has 0 spiro atoms. The van der Waals surface area contributed by atoms with E-state index in [2.05, 4.69) is 53.0 Å². The maximum Gasteiger partial charge on any atom is 0.119 e. The summed E-state index contributed by atoms with van der Waals surface area (Å²) >= 11 is 0. The third-order valence-corrected chi connectivity index (χ3v) is 3.94. The molecule has 0 aliphatic rings. The van der Waals surface area contributed by atoms with Crippen LogP contribution in [0.5, 0.6) is 5.75 Å². The van der Waals surface area contributed by atoms with Gasteiger partial charge in [0.2, 0.25) is 0 Å². The molecule has 1 heterocycles. The van der Waals surface area contributed by atoms with Crippen LogP contribution in [0.1, 0.15) is 25.1 Å². The van der Waals surface area contributed by atoms with Crippen molar-refractivity contribution in [3.63, 3.8) is 0 Å². The first-order valence-corrected chi connectivity index (χ1v) is 8.23. The smallest absolute Gasteiger partial charge is 0.119 e. The van der Waals surface area contributed by atoms with Crippen LogP contribution in [0.3, 0.4) is 0 Å². The maximum atomic E-state index is 5.86. The Morgan fingerprint density at radius 2 is 1.79 bits per heavy atom. The van der Waals surface area contributed by atoms with Crippen molar-refractivity contribution in [2.24, 2.45) is 0 Å². The standard InChI is InChI=1S/C20H23N3O/c1-16(2)23(13-18-12-21-15-22-18)19-8-10-20(11-9-19)24-14-17-6-4-3-5-7-17/h3-12,15-16H,13-14H2,1-2H3,(H,21,22). The quantitative estimate of drug-likeness (QED) is 0.701. The molecule has 0 aliphatic carbocycles. The normalized spacial score (nSPS) is 10.8. The molecule has 124 valence electrons. The fraction of sp³-hybridized carbons (Fsp3) is 0.250. The van der Waals surface area contributed by atoms with E-state index in [1.165, 1.54) is 11.3 Å². The molecule has 0 aliphatic heterocycles. The molecule has 24 heavy (non-hydrogen) atoms. The van der Waals surface area contributed by atoms with Gasteiger partial charge in [-0.25, -0.2) is 4.98 Å². The highest BCUT2D eigenvalue weighted by atomic mass is 16.5. The lowest BCUT2D eigenvalue weighted by Crippen LogP contribution is -2.30. The molecule has 4 heteroatoms. The zero-order valence-electron chi connectivity index (χ0n) is 14.1. The molecule has 1 aromatic heterocycles. The van der Waals surface area contributed by atoms with Crippen molar-refractivity contribution in [1.29, 1.82) is 0 Å². The monoisotopic (exact) mass is 321 g/mol.